The van der Waals surface area contributed by atoms with E-state index in [1.807, 2.05) is 0 Å². The van der Waals surface area contributed by atoms with E-state index in [9.17, 15) is 0 Å². The molecule has 0 radical (unpaired) electrons. The minimum atomic E-state index is 0.550. The number of thioether (sulfide) groups is 1. The van der Waals surface area contributed by atoms with Crippen molar-refractivity contribution in [2.75, 3.05) is 11.5 Å². The minimum absolute atomic E-state index is 0.550. The van der Waals surface area contributed by atoms with Crippen LogP contribution in [0.4, 0.5) is 0 Å². The van der Waals surface area contributed by atoms with Crippen molar-refractivity contribution in [1.29, 1.82) is 0 Å². The molecule has 1 aliphatic heterocycles. The third-order valence-electron chi connectivity index (χ3n) is 3.86. The highest BCUT2D eigenvalue weighted by Crippen LogP contribution is 2.33. The molecule has 0 amide bonds. The second kappa shape index (κ2) is 5.33. The molecule has 94 valence electrons. The number of rotatable bonds is 3. The topological polar surface area (TPSA) is 12.0 Å². The van der Waals surface area contributed by atoms with Crippen LogP contribution in [0.1, 0.15) is 47.5 Å². The van der Waals surface area contributed by atoms with Crippen LogP contribution in [0.3, 0.4) is 0 Å². The second-order valence-corrected chi connectivity index (χ2v) is 7.57. The maximum Gasteiger partial charge on any atom is 0.0388 e. The van der Waals surface area contributed by atoms with Gasteiger partial charge in [0, 0.05) is 27.6 Å². The summed E-state index contributed by atoms with van der Waals surface area (Å²) >= 11 is 4.15. The molecular formula is C14H21NS2. The van der Waals surface area contributed by atoms with Gasteiger partial charge in [-0.05, 0) is 56.4 Å². The summed E-state index contributed by atoms with van der Waals surface area (Å²) in [5.74, 6) is 2.64. The van der Waals surface area contributed by atoms with Crippen molar-refractivity contribution in [3.8, 4) is 0 Å². The number of hydrogen-bond donors (Lipinski definition) is 1. The van der Waals surface area contributed by atoms with E-state index in [-0.39, 0.29) is 0 Å². The summed E-state index contributed by atoms with van der Waals surface area (Å²) in [5.41, 5.74) is 1.64. The van der Waals surface area contributed by atoms with Gasteiger partial charge < -0.3 is 5.32 Å². The van der Waals surface area contributed by atoms with Gasteiger partial charge >= 0.3 is 0 Å². The normalized spacial score (nSPS) is 25.8. The van der Waals surface area contributed by atoms with Gasteiger partial charge in [0.1, 0.15) is 0 Å². The SMILES string of the molecule is CC(NC1CCSC1)c1cc2c(s1)CCCC2. The van der Waals surface area contributed by atoms with Crippen molar-refractivity contribution in [3.05, 3.63) is 21.4 Å². The lowest BCUT2D eigenvalue weighted by Crippen LogP contribution is -2.30. The maximum atomic E-state index is 3.79. The monoisotopic (exact) mass is 267 g/mol. The van der Waals surface area contributed by atoms with E-state index in [2.05, 4.69) is 41.4 Å². The van der Waals surface area contributed by atoms with Crippen LogP contribution in [0.5, 0.6) is 0 Å². The van der Waals surface area contributed by atoms with Crippen LogP contribution >= 0.6 is 23.1 Å². The third kappa shape index (κ3) is 2.72. The van der Waals surface area contributed by atoms with E-state index in [4.69, 9.17) is 0 Å². The van der Waals surface area contributed by atoms with Gasteiger partial charge in [-0.1, -0.05) is 0 Å². The van der Waals surface area contributed by atoms with Gasteiger partial charge in [-0.3, -0.25) is 0 Å². The lowest BCUT2D eigenvalue weighted by molar-refractivity contribution is 0.491. The molecule has 1 nitrogen and oxygen atoms in total. The number of thiophene rings is 1. The summed E-state index contributed by atoms with van der Waals surface area (Å²) in [7, 11) is 0. The standard InChI is InChI=1S/C14H21NS2/c1-10(15-12-6-7-16-9-12)14-8-11-4-2-3-5-13(11)17-14/h8,10,12,15H,2-7,9H2,1H3. The Labute approximate surface area is 112 Å². The Balaban J connectivity index is 1.67. The first kappa shape index (κ1) is 12.1. The molecule has 3 heteroatoms. The fraction of sp³-hybridized carbons (Fsp3) is 0.714. The van der Waals surface area contributed by atoms with E-state index in [1.54, 1.807) is 15.3 Å². The number of nitrogens with one attached hydrogen (secondary N) is 1. The average molecular weight is 267 g/mol. The van der Waals surface area contributed by atoms with Crippen LogP contribution in [-0.2, 0) is 12.8 Å². The van der Waals surface area contributed by atoms with Crippen LogP contribution in [-0.4, -0.2) is 17.5 Å². The molecular weight excluding hydrogens is 246 g/mol. The molecule has 2 heterocycles. The molecule has 2 unspecified atom stereocenters. The molecule has 3 rings (SSSR count). The highest BCUT2D eigenvalue weighted by Gasteiger charge is 2.21. The Kier molecular flexibility index (Phi) is 3.78. The van der Waals surface area contributed by atoms with Crippen LogP contribution < -0.4 is 5.32 Å². The van der Waals surface area contributed by atoms with Gasteiger partial charge in [0.25, 0.3) is 0 Å². The van der Waals surface area contributed by atoms with E-state index < -0.39 is 0 Å². The van der Waals surface area contributed by atoms with Gasteiger partial charge in [-0.15, -0.1) is 11.3 Å². The first-order valence-corrected chi connectivity index (χ1v) is 8.75. The number of aryl methyl sites for hydroxylation is 2. The molecule has 0 aromatic carbocycles. The van der Waals surface area contributed by atoms with Crippen molar-refractivity contribution in [3.63, 3.8) is 0 Å². The molecule has 1 fully saturated rings. The Morgan fingerprint density at radius 3 is 3.00 bits per heavy atom. The Morgan fingerprint density at radius 1 is 1.35 bits per heavy atom. The van der Waals surface area contributed by atoms with Crippen molar-refractivity contribution in [1.82, 2.24) is 5.32 Å². The van der Waals surface area contributed by atoms with Gasteiger partial charge in [-0.2, -0.15) is 11.8 Å². The molecule has 1 saturated heterocycles. The van der Waals surface area contributed by atoms with Crippen LogP contribution in [0, 0.1) is 0 Å². The summed E-state index contributed by atoms with van der Waals surface area (Å²) in [4.78, 5) is 3.23. The second-order valence-electron chi connectivity index (χ2n) is 5.25. The summed E-state index contributed by atoms with van der Waals surface area (Å²) in [6.45, 7) is 2.33. The first-order valence-electron chi connectivity index (χ1n) is 6.78. The summed E-state index contributed by atoms with van der Waals surface area (Å²) in [6, 6.07) is 3.77. The van der Waals surface area contributed by atoms with E-state index in [0.717, 1.165) is 6.04 Å². The summed E-state index contributed by atoms with van der Waals surface area (Å²) in [5, 5.41) is 3.79. The van der Waals surface area contributed by atoms with E-state index >= 15 is 0 Å². The summed E-state index contributed by atoms with van der Waals surface area (Å²) in [6.07, 6.45) is 6.78. The highest BCUT2D eigenvalue weighted by atomic mass is 32.2. The molecule has 2 aliphatic rings. The van der Waals surface area contributed by atoms with Gasteiger partial charge in [0.05, 0.1) is 0 Å². The van der Waals surface area contributed by atoms with Crippen molar-refractivity contribution in [2.24, 2.45) is 0 Å². The fourth-order valence-corrected chi connectivity index (χ4v) is 5.26. The molecule has 2 atom stereocenters. The molecule has 17 heavy (non-hydrogen) atoms. The number of fused-ring (bicyclic) bond motifs is 1. The zero-order valence-electron chi connectivity index (χ0n) is 10.5. The van der Waals surface area contributed by atoms with E-state index in [1.165, 1.54) is 43.6 Å². The molecule has 1 aromatic heterocycles. The maximum absolute atomic E-state index is 3.79. The summed E-state index contributed by atoms with van der Waals surface area (Å²) < 4.78 is 0. The van der Waals surface area contributed by atoms with Crippen molar-refractivity contribution < 1.29 is 0 Å². The van der Waals surface area contributed by atoms with Crippen molar-refractivity contribution in [2.45, 2.75) is 51.1 Å². The zero-order valence-corrected chi connectivity index (χ0v) is 12.1. The Morgan fingerprint density at radius 2 is 2.24 bits per heavy atom. The van der Waals surface area contributed by atoms with Crippen LogP contribution in [0.2, 0.25) is 0 Å². The quantitative estimate of drug-likeness (QED) is 0.894. The Hall–Kier alpha value is 0.01000. The third-order valence-corrected chi connectivity index (χ3v) is 6.44. The van der Waals surface area contributed by atoms with Crippen LogP contribution in [0.25, 0.3) is 0 Å². The van der Waals surface area contributed by atoms with E-state index in [0.29, 0.717) is 6.04 Å². The van der Waals surface area contributed by atoms with Gasteiger partial charge in [0.15, 0.2) is 0 Å². The molecule has 1 aromatic rings. The Bertz CT molecular complexity index is 356. The average Bonchev–Trinajstić information content (AvgIpc) is 2.96. The predicted molar refractivity (Wildman–Crippen MR) is 78.2 cm³/mol. The largest absolute Gasteiger partial charge is 0.306 e. The molecule has 0 bridgehead atoms. The predicted octanol–water partition coefficient (Wildman–Crippen LogP) is 3.78. The van der Waals surface area contributed by atoms with Crippen molar-refractivity contribution >= 4 is 23.1 Å². The molecule has 1 N–H and O–H groups in total. The zero-order chi connectivity index (χ0) is 11.7. The number of hydrogen-bond acceptors (Lipinski definition) is 3. The fourth-order valence-electron chi connectivity index (χ4n) is 2.83. The lowest BCUT2D eigenvalue weighted by atomic mass is 9.99. The molecule has 0 saturated carbocycles. The molecule has 0 spiro atoms. The lowest BCUT2D eigenvalue weighted by Gasteiger charge is -2.17. The van der Waals surface area contributed by atoms with Gasteiger partial charge in [-0.25, -0.2) is 0 Å². The smallest absolute Gasteiger partial charge is 0.0388 e. The molecule has 1 aliphatic carbocycles. The first-order chi connectivity index (χ1) is 8.33. The van der Waals surface area contributed by atoms with Crippen LogP contribution in [0.15, 0.2) is 6.07 Å². The minimum Gasteiger partial charge on any atom is -0.306 e. The van der Waals surface area contributed by atoms with Gasteiger partial charge in [0.2, 0.25) is 0 Å². The highest BCUT2D eigenvalue weighted by molar-refractivity contribution is 7.99.